The summed E-state index contributed by atoms with van der Waals surface area (Å²) in [5.74, 6) is 0.372. The van der Waals surface area contributed by atoms with Gasteiger partial charge in [-0.1, -0.05) is 34.6 Å². The Bertz CT molecular complexity index is 872. The molecule has 0 saturated carbocycles. The van der Waals surface area contributed by atoms with Crippen LogP contribution in [-0.4, -0.2) is 36.6 Å². The third-order valence-corrected chi connectivity index (χ3v) is 4.18. The number of hydrogen-bond donors (Lipinski definition) is 1. The molecule has 0 saturated heterocycles. The van der Waals surface area contributed by atoms with E-state index >= 15 is 0 Å². The van der Waals surface area contributed by atoms with Gasteiger partial charge in [-0.15, -0.1) is 10.2 Å². The maximum absolute atomic E-state index is 12.0. The summed E-state index contributed by atoms with van der Waals surface area (Å²) in [4.78, 5) is 15.9. The summed E-state index contributed by atoms with van der Waals surface area (Å²) in [6.45, 7) is 5.75. The fourth-order valence-electron chi connectivity index (χ4n) is 2.20. The van der Waals surface area contributed by atoms with E-state index in [1.165, 1.54) is 17.3 Å². The number of anilines is 1. The molecule has 8 nitrogen and oxygen atoms in total. The molecule has 3 aromatic rings. The molecule has 0 radical (unpaired) electrons. The molecule has 0 aliphatic rings. The molecular formula is C15H16N6O2S. The molecule has 1 aromatic carbocycles. The third-order valence-electron chi connectivity index (χ3n) is 3.23. The maximum atomic E-state index is 12.0. The van der Waals surface area contributed by atoms with Crippen LogP contribution in [0.5, 0.6) is 0 Å². The summed E-state index contributed by atoms with van der Waals surface area (Å²) in [6, 6.07) is 6.23. The van der Waals surface area contributed by atoms with Gasteiger partial charge in [0.15, 0.2) is 11.0 Å². The lowest BCUT2D eigenvalue weighted by atomic mass is 10.1. The van der Waals surface area contributed by atoms with Crippen molar-refractivity contribution in [3.05, 3.63) is 41.5 Å². The van der Waals surface area contributed by atoms with Gasteiger partial charge in [-0.2, -0.15) is 4.98 Å². The van der Waals surface area contributed by atoms with E-state index in [1.54, 1.807) is 13.3 Å². The summed E-state index contributed by atoms with van der Waals surface area (Å²) in [5.41, 5.74) is 3.29. The van der Waals surface area contributed by atoms with Crippen LogP contribution >= 0.6 is 11.8 Å². The van der Waals surface area contributed by atoms with E-state index in [0.29, 0.717) is 11.0 Å². The van der Waals surface area contributed by atoms with Crippen LogP contribution < -0.4 is 5.32 Å². The minimum absolute atomic E-state index is 0.0916. The van der Waals surface area contributed by atoms with Gasteiger partial charge < -0.3 is 4.52 Å². The minimum Gasteiger partial charge on any atom is -0.315 e. The molecule has 0 spiro atoms. The molecular weight excluding hydrogens is 328 g/mol. The zero-order chi connectivity index (χ0) is 17.1. The summed E-state index contributed by atoms with van der Waals surface area (Å²) in [6.07, 6.45) is 1.64. The van der Waals surface area contributed by atoms with Crippen molar-refractivity contribution >= 4 is 23.7 Å². The Balaban J connectivity index is 1.68. The number of nitrogens with zero attached hydrogens (tertiary/aromatic N) is 5. The Hall–Kier alpha value is -2.68. The third kappa shape index (κ3) is 3.62. The number of hydrogen-bond acceptors (Lipinski definition) is 7. The zero-order valence-corrected chi connectivity index (χ0v) is 14.3. The van der Waals surface area contributed by atoms with E-state index in [0.717, 1.165) is 11.3 Å². The van der Waals surface area contributed by atoms with Crippen LogP contribution in [0, 0.1) is 20.8 Å². The molecule has 9 heteroatoms. The van der Waals surface area contributed by atoms with E-state index in [-0.39, 0.29) is 17.7 Å². The molecule has 24 heavy (non-hydrogen) atoms. The smallest absolute Gasteiger partial charge is 0.315 e. The van der Waals surface area contributed by atoms with E-state index in [9.17, 15) is 4.79 Å². The Morgan fingerprint density at radius 3 is 2.88 bits per heavy atom. The second-order valence-electron chi connectivity index (χ2n) is 5.26. The van der Waals surface area contributed by atoms with Gasteiger partial charge in [-0.05, 0) is 32.4 Å². The first-order chi connectivity index (χ1) is 11.5. The van der Waals surface area contributed by atoms with E-state index < -0.39 is 0 Å². The van der Waals surface area contributed by atoms with Crippen LogP contribution in [0.1, 0.15) is 17.0 Å². The fourth-order valence-corrected chi connectivity index (χ4v) is 2.92. The quantitative estimate of drug-likeness (QED) is 0.709. The number of rotatable bonds is 5. The monoisotopic (exact) mass is 344 g/mol. The number of benzene rings is 1. The van der Waals surface area contributed by atoms with Crippen molar-refractivity contribution in [2.75, 3.05) is 11.1 Å². The Kier molecular flexibility index (Phi) is 4.61. The predicted molar refractivity (Wildman–Crippen MR) is 89.2 cm³/mol. The molecule has 0 aliphatic carbocycles. The number of aromatic nitrogens is 5. The van der Waals surface area contributed by atoms with Crippen LogP contribution in [0.25, 0.3) is 5.69 Å². The summed E-state index contributed by atoms with van der Waals surface area (Å²) in [5, 5.41) is 14.8. The number of aryl methyl sites for hydroxylation is 3. The SMILES string of the molecule is Cc1ccc(-n2cnnc2SCC(=O)Nc2nc(C)no2)c(C)c1. The summed E-state index contributed by atoms with van der Waals surface area (Å²) >= 11 is 1.28. The van der Waals surface area contributed by atoms with Crippen molar-refractivity contribution in [1.82, 2.24) is 24.9 Å². The Morgan fingerprint density at radius 2 is 2.17 bits per heavy atom. The standard InChI is InChI=1S/C15H16N6O2S/c1-9-4-5-12(10(2)6-9)21-8-16-19-15(21)24-7-13(22)18-14-17-11(3)20-23-14/h4-6,8H,7H2,1-3H3,(H,17,18,20,22). The highest BCUT2D eigenvalue weighted by atomic mass is 32.2. The van der Waals surface area contributed by atoms with E-state index in [2.05, 4.69) is 31.7 Å². The molecule has 0 aliphatic heterocycles. The fraction of sp³-hybridized carbons (Fsp3) is 0.267. The van der Waals surface area contributed by atoms with Crippen LogP contribution in [0.15, 0.2) is 34.2 Å². The molecule has 2 heterocycles. The van der Waals surface area contributed by atoms with Crippen LogP contribution in [0.4, 0.5) is 6.01 Å². The van der Waals surface area contributed by atoms with Crippen molar-refractivity contribution in [1.29, 1.82) is 0 Å². The Labute approximate surface area is 142 Å². The normalized spacial score (nSPS) is 10.8. The molecule has 1 amide bonds. The van der Waals surface area contributed by atoms with Gasteiger partial charge in [-0.25, -0.2) is 0 Å². The highest BCUT2D eigenvalue weighted by Gasteiger charge is 2.13. The first-order valence-corrected chi connectivity index (χ1v) is 8.22. The average Bonchev–Trinajstić information content (AvgIpc) is 3.14. The first kappa shape index (κ1) is 16.2. The molecule has 3 rings (SSSR count). The van der Waals surface area contributed by atoms with Gasteiger partial charge in [0.25, 0.3) is 0 Å². The van der Waals surface area contributed by atoms with Crippen LogP contribution in [0.2, 0.25) is 0 Å². The molecule has 124 valence electrons. The van der Waals surface area contributed by atoms with Gasteiger partial charge in [0.1, 0.15) is 6.33 Å². The first-order valence-electron chi connectivity index (χ1n) is 7.23. The molecule has 2 aromatic heterocycles. The lowest BCUT2D eigenvalue weighted by Crippen LogP contribution is -2.14. The summed E-state index contributed by atoms with van der Waals surface area (Å²) < 4.78 is 6.72. The van der Waals surface area contributed by atoms with E-state index in [4.69, 9.17) is 4.52 Å². The molecule has 1 N–H and O–H groups in total. The van der Waals surface area contributed by atoms with Crippen molar-refractivity contribution in [3.8, 4) is 5.69 Å². The number of carbonyl (C=O) groups is 1. The minimum atomic E-state index is -0.251. The van der Waals surface area contributed by atoms with Crippen molar-refractivity contribution in [3.63, 3.8) is 0 Å². The lowest BCUT2D eigenvalue weighted by Gasteiger charge is -2.09. The average molecular weight is 344 g/mol. The highest BCUT2D eigenvalue weighted by Crippen LogP contribution is 2.22. The molecule has 0 atom stereocenters. The maximum Gasteiger partial charge on any atom is 0.328 e. The number of thioether (sulfide) groups is 1. The molecule has 0 unspecified atom stereocenters. The highest BCUT2D eigenvalue weighted by molar-refractivity contribution is 7.99. The van der Waals surface area contributed by atoms with Gasteiger partial charge in [0.2, 0.25) is 5.91 Å². The second-order valence-corrected chi connectivity index (χ2v) is 6.20. The summed E-state index contributed by atoms with van der Waals surface area (Å²) in [7, 11) is 0. The molecule has 0 fully saturated rings. The lowest BCUT2D eigenvalue weighted by molar-refractivity contribution is -0.114. The largest absolute Gasteiger partial charge is 0.328 e. The van der Waals surface area contributed by atoms with Crippen molar-refractivity contribution in [2.45, 2.75) is 25.9 Å². The molecule has 0 bridgehead atoms. The van der Waals surface area contributed by atoms with Gasteiger partial charge in [0, 0.05) is 0 Å². The second kappa shape index (κ2) is 6.83. The number of nitrogens with one attached hydrogen (secondary N) is 1. The van der Waals surface area contributed by atoms with Gasteiger partial charge >= 0.3 is 6.01 Å². The van der Waals surface area contributed by atoms with Crippen molar-refractivity contribution in [2.24, 2.45) is 0 Å². The van der Waals surface area contributed by atoms with E-state index in [1.807, 2.05) is 30.5 Å². The van der Waals surface area contributed by atoms with Crippen LogP contribution in [0.3, 0.4) is 0 Å². The topological polar surface area (TPSA) is 98.7 Å². The Morgan fingerprint density at radius 1 is 1.33 bits per heavy atom. The van der Waals surface area contributed by atoms with Crippen molar-refractivity contribution < 1.29 is 9.32 Å². The predicted octanol–water partition coefficient (Wildman–Crippen LogP) is 2.31. The van der Waals surface area contributed by atoms with Gasteiger partial charge in [-0.3, -0.25) is 14.7 Å². The van der Waals surface area contributed by atoms with Crippen LogP contribution in [-0.2, 0) is 4.79 Å². The zero-order valence-electron chi connectivity index (χ0n) is 13.5. The van der Waals surface area contributed by atoms with Gasteiger partial charge in [0.05, 0.1) is 11.4 Å². The number of amides is 1. The number of carbonyl (C=O) groups excluding carboxylic acids is 1.